The molecule has 0 fully saturated rings. The molecular weight excluding hydrogens is 204 g/mol. The molecule has 0 heterocycles. The zero-order valence-corrected chi connectivity index (χ0v) is 9.70. The molecule has 0 aliphatic rings. The molecule has 86 valence electrons. The third-order valence-corrected chi connectivity index (χ3v) is 2.30. The molecule has 4 heteroatoms. The first-order chi connectivity index (χ1) is 7.41. The number of amides is 2. The minimum absolute atomic E-state index is 0.0790. The second-order valence-corrected chi connectivity index (χ2v) is 4.04. The van der Waals surface area contributed by atoms with Crippen LogP contribution in [0.1, 0.15) is 29.8 Å². The summed E-state index contributed by atoms with van der Waals surface area (Å²) in [6, 6.07) is 5.00. The molecule has 1 aromatic rings. The van der Waals surface area contributed by atoms with Gasteiger partial charge in [-0.3, -0.25) is 9.59 Å². The van der Waals surface area contributed by atoms with E-state index in [-0.39, 0.29) is 11.8 Å². The quantitative estimate of drug-likeness (QED) is 0.813. The van der Waals surface area contributed by atoms with Crippen LogP contribution in [0.5, 0.6) is 0 Å². The minimum atomic E-state index is -0.500. The molecular formula is C12H16N2O2. The number of hydrogen-bond donors (Lipinski definition) is 2. The van der Waals surface area contributed by atoms with E-state index in [4.69, 9.17) is 5.73 Å². The molecule has 1 rings (SSSR count). The van der Waals surface area contributed by atoms with Crippen molar-refractivity contribution in [3.05, 3.63) is 29.3 Å². The lowest BCUT2D eigenvalue weighted by Crippen LogP contribution is -2.19. The fraction of sp³-hybridized carbons (Fsp3) is 0.333. The molecule has 0 saturated heterocycles. The predicted octanol–water partition coefficient (Wildman–Crippen LogP) is 1.69. The van der Waals surface area contributed by atoms with Crippen molar-refractivity contribution in [2.75, 3.05) is 5.32 Å². The van der Waals surface area contributed by atoms with Crippen molar-refractivity contribution in [2.24, 2.45) is 11.7 Å². The molecule has 0 unspecified atom stereocenters. The van der Waals surface area contributed by atoms with E-state index in [0.29, 0.717) is 11.3 Å². The molecule has 1 aromatic carbocycles. The number of anilines is 1. The van der Waals surface area contributed by atoms with Crippen molar-refractivity contribution < 1.29 is 9.59 Å². The van der Waals surface area contributed by atoms with E-state index in [1.807, 2.05) is 20.8 Å². The van der Waals surface area contributed by atoms with E-state index >= 15 is 0 Å². The molecule has 0 saturated carbocycles. The molecule has 0 aliphatic carbocycles. The summed E-state index contributed by atoms with van der Waals surface area (Å²) in [5.74, 6) is -0.679. The number of benzene rings is 1. The van der Waals surface area contributed by atoms with Gasteiger partial charge in [-0.15, -0.1) is 0 Å². The van der Waals surface area contributed by atoms with E-state index in [2.05, 4.69) is 5.32 Å². The molecule has 0 atom stereocenters. The Labute approximate surface area is 94.8 Å². The van der Waals surface area contributed by atoms with Crippen molar-refractivity contribution >= 4 is 17.5 Å². The summed E-state index contributed by atoms with van der Waals surface area (Å²) < 4.78 is 0. The van der Waals surface area contributed by atoms with Crippen LogP contribution in [0.4, 0.5) is 5.69 Å². The van der Waals surface area contributed by atoms with Crippen LogP contribution in [-0.4, -0.2) is 11.8 Å². The predicted molar refractivity (Wildman–Crippen MR) is 63.2 cm³/mol. The molecule has 0 bridgehead atoms. The van der Waals surface area contributed by atoms with Crippen molar-refractivity contribution in [1.82, 2.24) is 0 Å². The number of nitrogens with one attached hydrogen (secondary N) is 1. The summed E-state index contributed by atoms with van der Waals surface area (Å²) in [7, 11) is 0. The maximum atomic E-state index is 11.5. The van der Waals surface area contributed by atoms with Crippen LogP contribution >= 0.6 is 0 Å². The van der Waals surface area contributed by atoms with Crippen LogP contribution in [0.15, 0.2) is 18.2 Å². The Balaban J connectivity index is 2.99. The summed E-state index contributed by atoms with van der Waals surface area (Å²) in [6.07, 6.45) is 0. The first-order valence-electron chi connectivity index (χ1n) is 5.13. The van der Waals surface area contributed by atoms with Crippen molar-refractivity contribution in [3.8, 4) is 0 Å². The molecule has 2 amide bonds. The lowest BCUT2D eigenvalue weighted by molar-refractivity contribution is -0.118. The zero-order valence-electron chi connectivity index (χ0n) is 9.70. The molecule has 0 aromatic heterocycles. The highest BCUT2D eigenvalue weighted by molar-refractivity contribution is 5.97. The lowest BCUT2D eigenvalue weighted by atomic mass is 10.1. The third-order valence-electron chi connectivity index (χ3n) is 2.30. The second-order valence-electron chi connectivity index (χ2n) is 4.04. The number of rotatable bonds is 3. The van der Waals surface area contributed by atoms with E-state index in [1.54, 1.807) is 18.2 Å². The summed E-state index contributed by atoms with van der Waals surface area (Å²) in [6.45, 7) is 5.48. The fourth-order valence-electron chi connectivity index (χ4n) is 1.19. The van der Waals surface area contributed by atoms with Crippen LogP contribution in [0.3, 0.4) is 0 Å². The minimum Gasteiger partial charge on any atom is -0.366 e. The van der Waals surface area contributed by atoms with E-state index in [9.17, 15) is 9.59 Å². The highest BCUT2D eigenvalue weighted by Crippen LogP contribution is 2.17. The summed E-state index contributed by atoms with van der Waals surface area (Å²) >= 11 is 0. The number of carbonyl (C=O) groups excluding carboxylic acids is 2. The highest BCUT2D eigenvalue weighted by atomic mass is 16.2. The lowest BCUT2D eigenvalue weighted by Gasteiger charge is -2.11. The largest absolute Gasteiger partial charge is 0.366 e. The van der Waals surface area contributed by atoms with Gasteiger partial charge in [0.1, 0.15) is 0 Å². The highest BCUT2D eigenvalue weighted by Gasteiger charge is 2.10. The van der Waals surface area contributed by atoms with Crippen LogP contribution in [-0.2, 0) is 4.79 Å². The Hall–Kier alpha value is -1.84. The standard InChI is InChI=1S/C12H16N2O2/c1-7(2)12(16)14-10-6-9(11(13)15)5-4-8(10)3/h4-7H,1-3H3,(H2,13,15)(H,14,16). The maximum absolute atomic E-state index is 11.5. The van der Waals surface area contributed by atoms with Crippen LogP contribution in [0.2, 0.25) is 0 Å². The van der Waals surface area contributed by atoms with Gasteiger partial charge in [0.15, 0.2) is 0 Å². The Morgan fingerprint density at radius 3 is 2.44 bits per heavy atom. The number of nitrogens with two attached hydrogens (primary N) is 1. The van der Waals surface area contributed by atoms with E-state index < -0.39 is 5.91 Å². The van der Waals surface area contributed by atoms with Gasteiger partial charge >= 0.3 is 0 Å². The van der Waals surface area contributed by atoms with Crippen molar-refractivity contribution in [3.63, 3.8) is 0 Å². The monoisotopic (exact) mass is 220 g/mol. The van der Waals surface area contributed by atoms with Crippen LogP contribution < -0.4 is 11.1 Å². The van der Waals surface area contributed by atoms with Crippen molar-refractivity contribution in [1.29, 1.82) is 0 Å². The van der Waals surface area contributed by atoms with Crippen LogP contribution in [0.25, 0.3) is 0 Å². The van der Waals surface area contributed by atoms with Gasteiger partial charge in [0.25, 0.3) is 0 Å². The van der Waals surface area contributed by atoms with Gasteiger partial charge < -0.3 is 11.1 Å². The number of aryl methyl sites for hydroxylation is 1. The fourth-order valence-corrected chi connectivity index (χ4v) is 1.19. The van der Waals surface area contributed by atoms with Gasteiger partial charge in [0.2, 0.25) is 11.8 Å². The molecule has 4 nitrogen and oxygen atoms in total. The van der Waals surface area contributed by atoms with Crippen LogP contribution in [0, 0.1) is 12.8 Å². The molecule has 3 N–H and O–H groups in total. The van der Waals surface area contributed by atoms with E-state index in [1.165, 1.54) is 0 Å². The summed E-state index contributed by atoms with van der Waals surface area (Å²) in [4.78, 5) is 22.5. The first kappa shape index (κ1) is 12.2. The summed E-state index contributed by atoms with van der Waals surface area (Å²) in [5, 5.41) is 2.76. The van der Waals surface area contributed by atoms with Gasteiger partial charge in [-0.1, -0.05) is 19.9 Å². The molecule has 16 heavy (non-hydrogen) atoms. The average molecular weight is 220 g/mol. The number of primary amides is 1. The molecule has 0 aliphatic heterocycles. The van der Waals surface area contributed by atoms with Gasteiger partial charge in [-0.25, -0.2) is 0 Å². The van der Waals surface area contributed by atoms with Crippen molar-refractivity contribution in [2.45, 2.75) is 20.8 Å². The molecule has 0 radical (unpaired) electrons. The maximum Gasteiger partial charge on any atom is 0.248 e. The Morgan fingerprint density at radius 2 is 1.94 bits per heavy atom. The topological polar surface area (TPSA) is 72.2 Å². The zero-order chi connectivity index (χ0) is 12.3. The SMILES string of the molecule is Cc1ccc(C(N)=O)cc1NC(=O)C(C)C. The smallest absolute Gasteiger partial charge is 0.248 e. The Morgan fingerprint density at radius 1 is 1.31 bits per heavy atom. The Kier molecular flexibility index (Phi) is 3.66. The molecule has 0 spiro atoms. The normalized spacial score (nSPS) is 10.2. The Bertz CT molecular complexity index is 425. The van der Waals surface area contributed by atoms with Gasteiger partial charge in [-0.05, 0) is 24.6 Å². The first-order valence-corrected chi connectivity index (χ1v) is 5.13. The van der Waals surface area contributed by atoms with Gasteiger partial charge in [0.05, 0.1) is 0 Å². The van der Waals surface area contributed by atoms with E-state index in [0.717, 1.165) is 5.56 Å². The number of carbonyl (C=O) groups is 2. The third kappa shape index (κ3) is 2.82. The average Bonchev–Trinajstić information content (AvgIpc) is 2.20. The second kappa shape index (κ2) is 4.79. The summed E-state index contributed by atoms with van der Waals surface area (Å²) in [5.41, 5.74) is 7.10. The van der Waals surface area contributed by atoms with Gasteiger partial charge in [0, 0.05) is 17.2 Å². The van der Waals surface area contributed by atoms with Gasteiger partial charge in [-0.2, -0.15) is 0 Å². The number of hydrogen-bond acceptors (Lipinski definition) is 2.